The fourth-order valence-corrected chi connectivity index (χ4v) is 1.91. The number of benzene rings is 1. The van der Waals surface area contributed by atoms with Gasteiger partial charge in [-0.2, -0.15) is 0 Å². The number of anilines is 1. The van der Waals surface area contributed by atoms with Gasteiger partial charge in [-0.25, -0.2) is 0 Å². The van der Waals surface area contributed by atoms with Crippen LogP contribution in [-0.2, 0) is 4.79 Å². The third kappa shape index (κ3) is 4.85. The summed E-state index contributed by atoms with van der Waals surface area (Å²) in [6.45, 7) is 7.81. The Kier molecular flexibility index (Phi) is 6.25. The molecule has 1 aromatic carbocycles. The van der Waals surface area contributed by atoms with Gasteiger partial charge in [-0.1, -0.05) is 25.1 Å². The molecule has 2 unspecified atom stereocenters. The van der Waals surface area contributed by atoms with Gasteiger partial charge in [-0.05, 0) is 24.1 Å². The summed E-state index contributed by atoms with van der Waals surface area (Å²) in [5, 5.41) is 16.2. The molecule has 0 aliphatic carbocycles. The third-order valence-electron chi connectivity index (χ3n) is 2.92. The highest BCUT2D eigenvalue weighted by molar-refractivity contribution is 5.88. The molecule has 0 spiro atoms. The molecule has 4 nitrogen and oxygen atoms in total. The summed E-state index contributed by atoms with van der Waals surface area (Å²) < 4.78 is 0. The Hall–Kier alpha value is -1.65. The summed E-state index contributed by atoms with van der Waals surface area (Å²) in [4.78, 5) is 10.9. The number of hydrogen-bond acceptors (Lipinski definition) is 3. The second-order valence-corrected chi connectivity index (χ2v) is 4.46. The molecule has 0 heterocycles. The highest BCUT2D eigenvalue weighted by Crippen LogP contribution is 2.20. The van der Waals surface area contributed by atoms with Crippen molar-refractivity contribution in [1.29, 1.82) is 0 Å². The van der Waals surface area contributed by atoms with E-state index in [1.807, 2.05) is 19.1 Å². The molecule has 0 saturated carbocycles. The van der Waals surface area contributed by atoms with Crippen LogP contribution in [-0.4, -0.2) is 23.6 Å². The summed E-state index contributed by atoms with van der Waals surface area (Å²) >= 11 is 0. The zero-order valence-corrected chi connectivity index (χ0v) is 11.5. The molecule has 0 aliphatic heterocycles. The number of nitrogens with one attached hydrogen (secondary N) is 2. The first kappa shape index (κ1) is 15.4. The topological polar surface area (TPSA) is 61.4 Å². The summed E-state index contributed by atoms with van der Waals surface area (Å²) in [5.74, 6) is -0.104. The first-order valence-electron chi connectivity index (χ1n) is 6.48. The molecule has 0 fully saturated rings. The van der Waals surface area contributed by atoms with Crippen LogP contribution >= 0.6 is 0 Å². The minimum absolute atomic E-state index is 0.00961. The van der Waals surface area contributed by atoms with E-state index in [4.69, 9.17) is 0 Å². The average Bonchev–Trinajstić information content (AvgIpc) is 2.39. The lowest BCUT2D eigenvalue weighted by Gasteiger charge is -2.23. The van der Waals surface area contributed by atoms with Crippen molar-refractivity contribution < 1.29 is 9.90 Å². The Labute approximate surface area is 114 Å². The number of aliphatic hydroxyl groups is 1. The lowest BCUT2D eigenvalue weighted by Crippen LogP contribution is -2.34. The van der Waals surface area contributed by atoms with Crippen molar-refractivity contribution in [3.8, 4) is 0 Å². The Morgan fingerprint density at radius 1 is 1.42 bits per heavy atom. The predicted molar refractivity (Wildman–Crippen MR) is 78.0 cm³/mol. The second-order valence-electron chi connectivity index (χ2n) is 4.46. The number of carbonyl (C=O) groups excluding carboxylic acids is 1. The molecule has 3 N–H and O–H groups in total. The second kappa shape index (κ2) is 7.71. The molecular weight excluding hydrogens is 240 g/mol. The number of hydrogen-bond donors (Lipinski definition) is 3. The van der Waals surface area contributed by atoms with E-state index in [0.717, 1.165) is 17.7 Å². The van der Waals surface area contributed by atoms with Crippen LogP contribution in [0, 0.1) is 0 Å². The standard InChI is InChI=1S/C15H22N2O2/c1-4-10-16-14(5-2)15(19)12-6-8-13(9-7-12)17-11(3)18/h4,6-9,14-16,19H,1,5,10H2,2-3H3,(H,17,18). The predicted octanol–water partition coefficient (Wildman–Crippen LogP) is 2.23. The normalized spacial score (nSPS) is 13.6. The van der Waals surface area contributed by atoms with E-state index in [9.17, 15) is 9.90 Å². The Balaban J connectivity index is 2.72. The van der Waals surface area contributed by atoms with Crippen LogP contribution < -0.4 is 10.6 Å². The van der Waals surface area contributed by atoms with Gasteiger partial charge >= 0.3 is 0 Å². The molecule has 4 heteroatoms. The SMILES string of the molecule is C=CCNC(CC)C(O)c1ccc(NC(C)=O)cc1. The first-order chi connectivity index (χ1) is 9.08. The van der Waals surface area contributed by atoms with Gasteiger partial charge in [-0.15, -0.1) is 6.58 Å². The number of carbonyl (C=O) groups is 1. The fraction of sp³-hybridized carbons (Fsp3) is 0.400. The van der Waals surface area contributed by atoms with E-state index in [-0.39, 0.29) is 11.9 Å². The highest BCUT2D eigenvalue weighted by Gasteiger charge is 2.18. The van der Waals surface area contributed by atoms with Gasteiger partial charge in [0.05, 0.1) is 6.10 Å². The van der Waals surface area contributed by atoms with E-state index < -0.39 is 6.10 Å². The Morgan fingerprint density at radius 2 is 2.05 bits per heavy atom. The number of amides is 1. The van der Waals surface area contributed by atoms with Crippen LogP contribution in [0.15, 0.2) is 36.9 Å². The van der Waals surface area contributed by atoms with Gasteiger partial charge in [0.2, 0.25) is 5.91 Å². The van der Waals surface area contributed by atoms with Crippen molar-refractivity contribution in [2.75, 3.05) is 11.9 Å². The molecule has 1 rings (SSSR count). The van der Waals surface area contributed by atoms with Gasteiger partial charge in [0, 0.05) is 25.2 Å². The van der Waals surface area contributed by atoms with Gasteiger partial charge in [0.25, 0.3) is 0 Å². The van der Waals surface area contributed by atoms with Crippen LogP contribution in [0.3, 0.4) is 0 Å². The fourth-order valence-electron chi connectivity index (χ4n) is 1.91. The Bertz CT molecular complexity index is 415. The van der Waals surface area contributed by atoms with Gasteiger partial charge in [-0.3, -0.25) is 4.79 Å². The largest absolute Gasteiger partial charge is 0.387 e. The zero-order valence-electron chi connectivity index (χ0n) is 11.5. The maximum absolute atomic E-state index is 10.9. The molecule has 0 saturated heterocycles. The average molecular weight is 262 g/mol. The van der Waals surface area contributed by atoms with E-state index in [0.29, 0.717) is 6.54 Å². The first-order valence-corrected chi connectivity index (χ1v) is 6.48. The molecule has 0 aliphatic rings. The summed E-state index contributed by atoms with van der Waals surface area (Å²) in [7, 11) is 0. The zero-order chi connectivity index (χ0) is 14.3. The van der Waals surface area contributed by atoms with Crippen molar-refractivity contribution >= 4 is 11.6 Å². The van der Waals surface area contributed by atoms with Crippen molar-refractivity contribution in [2.24, 2.45) is 0 Å². The van der Waals surface area contributed by atoms with Gasteiger partial charge < -0.3 is 15.7 Å². The number of aliphatic hydroxyl groups excluding tert-OH is 1. The molecule has 1 aromatic rings. The summed E-state index contributed by atoms with van der Waals surface area (Å²) in [6.07, 6.45) is 2.02. The van der Waals surface area contributed by atoms with Crippen LogP contribution in [0.1, 0.15) is 31.9 Å². The smallest absolute Gasteiger partial charge is 0.221 e. The third-order valence-corrected chi connectivity index (χ3v) is 2.92. The van der Waals surface area contributed by atoms with Crippen molar-refractivity contribution in [3.05, 3.63) is 42.5 Å². The van der Waals surface area contributed by atoms with Crippen LogP contribution in [0.5, 0.6) is 0 Å². The van der Waals surface area contributed by atoms with E-state index in [2.05, 4.69) is 17.2 Å². The maximum Gasteiger partial charge on any atom is 0.221 e. The summed E-state index contributed by atoms with van der Waals surface area (Å²) in [6, 6.07) is 7.23. The van der Waals surface area contributed by atoms with Crippen LogP contribution in [0.25, 0.3) is 0 Å². The molecule has 104 valence electrons. The quantitative estimate of drug-likeness (QED) is 0.660. The molecule has 0 bridgehead atoms. The minimum atomic E-state index is -0.573. The lowest BCUT2D eigenvalue weighted by atomic mass is 10.00. The molecule has 19 heavy (non-hydrogen) atoms. The van der Waals surface area contributed by atoms with Gasteiger partial charge in [0.1, 0.15) is 0 Å². The van der Waals surface area contributed by atoms with Crippen LogP contribution in [0.4, 0.5) is 5.69 Å². The minimum Gasteiger partial charge on any atom is -0.387 e. The molecule has 0 aromatic heterocycles. The lowest BCUT2D eigenvalue weighted by molar-refractivity contribution is -0.114. The van der Waals surface area contributed by atoms with Crippen molar-refractivity contribution in [3.63, 3.8) is 0 Å². The maximum atomic E-state index is 10.9. The van der Waals surface area contributed by atoms with Gasteiger partial charge in [0.15, 0.2) is 0 Å². The molecule has 0 radical (unpaired) electrons. The van der Waals surface area contributed by atoms with E-state index >= 15 is 0 Å². The van der Waals surface area contributed by atoms with Crippen LogP contribution in [0.2, 0.25) is 0 Å². The number of rotatable bonds is 7. The van der Waals surface area contributed by atoms with E-state index in [1.165, 1.54) is 6.92 Å². The van der Waals surface area contributed by atoms with Crippen molar-refractivity contribution in [1.82, 2.24) is 5.32 Å². The monoisotopic (exact) mass is 262 g/mol. The molecular formula is C15H22N2O2. The molecule has 1 amide bonds. The Morgan fingerprint density at radius 3 is 2.53 bits per heavy atom. The molecule has 2 atom stereocenters. The van der Waals surface area contributed by atoms with E-state index in [1.54, 1.807) is 18.2 Å². The summed E-state index contributed by atoms with van der Waals surface area (Å²) in [5.41, 5.74) is 1.56. The highest BCUT2D eigenvalue weighted by atomic mass is 16.3. The van der Waals surface area contributed by atoms with Crippen molar-refractivity contribution in [2.45, 2.75) is 32.4 Å².